The van der Waals surface area contributed by atoms with Crippen LogP contribution in [0.2, 0.25) is 0 Å². The van der Waals surface area contributed by atoms with Gasteiger partial charge < -0.3 is 10.6 Å². The van der Waals surface area contributed by atoms with E-state index in [1.165, 1.54) is 25.7 Å². The largest absolute Gasteiger partial charge is 0.311 e. The Morgan fingerprint density at radius 2 is 1.73 bits per heavy atom. The molecule has 3 rings (SSSR count). The average molecular weight is 212 g/mol. The Hall–Kier alpha value is -0.150. The number of nitrogens with one attached hydrogen (secondary N) is 2. The van der Waals surface area contributed by atoms with E-state index in [1.54, 1.807) is 0 Å². The number of hydrogen-bond donors (Lipinski definition) is 2. The first kappa shape index (κ1) is 10.0. The van der Waals surface area contributed by atoms with Crippen LogP contribution in [0.25, 0.3) is 0 Å². The SMILES string of the molecule is FC1(C2CCCCN2)CC2CCC(C1)N2. The summed E-state index contributed by atoms with van der Waals surface area (Å²) in [7, 11) is 0. The fraction of sp³-hybridized carbons (Fsp3) is 1.00. The minimum absolute atomic E-state index is 0.136. The van der Waals surface area contributed by atoms with E-state index in [-0.39, 0.29) is 6.04 Å². The van der Waals surface area contributed by atoms with Crippen LogP contribution in [0.1, 0.15) is 44.9 Å². The summed E-state index contributed by atoms with van der Waals surface area (Å²) in [6, 6.07) is 1.05. The maximum absolute atomic E-state index is 14.9. The first-order chi connectivity index (χ1) is 7.26. The van der Waals surface area contributed by atoms with Crippen molar-refractivity contribution in [3.63, 3.8) is 0 Å². The van der Waals surface area contributed by atoms with Gasteiger partial charge in [0.1, 0.15) is 5.67 Å². The van der Waals surface area contributed by atoms with Gasteiger partial charge in [-0.2, -0.15) is 0 Å². The molecule has 15 heavy (non-hydrogen) atoms. The van der Waals surface area contributed by atoms with E-state index < -0.39 is 5.67 Å². The monoisotopic (exact) mass is 212 g/mol. The van der Waals surface area contributed by atoms with E-state index in [0.717, 1.165) is 25.8 Å². The van der Waals surface area contributed by atoms with Crippen LogP contribution in [0.4, 0.5) is 4.39 Å². The summed E-state index contributed by atoms with van der Waals surface area (Å²) in [5.74, 6) is 0. The third kappa shape index (κ3) is 1.80. The van der Waals surface area contributed by atoms with E-state index in [9.17, 15) is 4.39 Å². The molecule has 3 fully saturated rings. The molecule has 3 atom stereocenters. The van der Waals surface area contributed by atoms with E-state index in [4.69, 9.17) is 0 Å². The van der Waals surface area contributed by atoms with Crippen LogP contribution < -0.4 is 10.6 Å². The van der Waals surface area contributed by atoms with Crippen molar-refractivity contribution < 1.29 is 4.39 Å². The van der Waals surface area contributed by atoms with Crippen molar-refractivity contribution in [3.05, 3.63) is 0 Å². The highest BCUT2D eigenvalue weighted by atomic mass is 19.1. The van der Waals surface area contributed by atoms with Gasteiger partial charge in [-0.05, 0) is 45.1 Å². The molecule has 3 heteroatoms. The number of halogens is 1. The van der Waals surface area contributed by atoms with E-state index in [0.29, 0.717) is 12.1 Å². The lowest BCUT2D eigenvalue weighted by Gasteiger charge is -2.42. The van der Waals surface area contributed by atoms with Crippen LogP contribution in [-0.4, -0.2) is 30.3 Å². The molecular formula is C12H21FN2. The minimum Gasteiger partial charge on any atom is -0.311 e. The quantitative estimate of drug-likeness (QED) is 0.692. The Balaban J connectivity index is 1.72. The number of piperidine rings is 2. The van der Waals surface area contributed by atoms with Gasteiger partial charge in [0.2, 0.25) is 0 Å². The lowest BCUT2D eigenvalue weighted by Crippen LogP contribution is -2.57. The fourth-order valence-corrected chi connectivity index (χ4v) is 3.70. The van der Waals surface area contributed by atoms with Crippen molar-refractivity contribution >= 4 is 0 Å². The summed E-state index contributed by atoms with van der Waals surface area (Å²) in [4.78, 5) is 0. The summed E-state index contributed by atoms with van der Waals surface area (Å²) in [6.07, 6.45) is 7.30. The molecule has 2 N–H and O–H groups in total. The van der Waals surface area contributed by atoms with E-state index in [2.05, 4.69) is 10.6 Å². The van der Waals surface area contributed by atoms with Crippen LogP contribution in [-0.2, 0) is 0 Å². The predicted molar refractivity (Wildman–Crippen MR) is 58.7 cm³/mol. The fourth-order valence-electron chi connectivity index (χ4n) is 3.70. The molecule has 0 aromatic heterocycles. The molecule has 3 heterocycles. The highest BCUT2D eigenvalue weighted by molar-refractivity contribution is 5.05. The van der Waals surface area contributed by atoms with Gasteiger partial charge in [-0.1, -0.05) is 6.42 Å². The van der Waals surface area contributed by atoms with Gasteiger partial charge in [-0.25, -0.2) is 4.39 Å². The molecule has 0 aromatic rings. The van der Waals surface area contributed by atoms with Crippen molar-refractivity contribution in [2.45, 2.75) is 68.7 Å². The first-order valence-electron chi connectivity index (χ1n) is 6.45. The van der Waals surface area contributed by atoms with Crippen molar-refractivity contribution in [3.8, 4) is 0 Å². The molecule has 3 aliphatic heterocycles. The maximum Gasteiger partial charge on any atom is 0.129 e. The van der Waals surface area contributed by atoms with Gasteiger partial charge >= 0.3 is 0 Å². The summed E-state index contributed by atoms with van der Waals surface area (Å²) in [6.45, 7) is 1.01. The zero-order valence-electron chi connectivity index (χ0n) is 9.27. The molecule has 0 amide bonds. The van der Waals surface area contributed by atoms with Crippen molar-refractivity contribution in [2.24, 2.45) is 0 Å². The summed E-state index contributed by atoms with van der Waals surface area (Å²) in [5.41, 5.74) is -0.919. The first-order valence-corrected chi connectivity index (χ1v) is 6.45. The van der Waals surface area contributed by atoms with E-state index in [1.807, 2.05) is 0 Å². The van der Waals surface area contributed by atoms with Gasteiger partial charge in [0.25, 0.3) is 0 Å². The Labute approximate surface area is 91.0 Å². The molecule has 3 aliphatic rings. The molecule has 0 saturated carbocycles. The van der Waals surface area contributed by atoms with Gasteiger partial charge in [-0.3, -0.25) is 0 Å². The topological polar surface area (TPSA) is 24.1 Å². The average Bonchev–Trinajstić information content (AvgIpc) is 2.60. The molecule has 0 radical (unpaired) electrons. The molecule has 2 nitrogen and oxygen atoms in total. The molecule has 3 saturated heterocycles. The summed E-state index contributed by atoms with van der Waals surface area (Å²) in [5, 5.41) is 6.91. The Bertz CT molecular complexity index is 226. The summed E-state index contributed by atoms with van der Waals surface area (Å²) < 4.78 is 14.9. The second-order valence-corrected chi connectivity index (χ2v) is 5.58. The number of hydrogen-bond acceptors (Lipinski definition) is 2. The van der Waals surface area contributed by atoms with Crippen LogP contribution in [0, 0.1) is 0 Å². The van der Waals surface area contributed by atoms with Crippen molar-refractivity contribution in [1.29, 1.82) is 0 Å². The lowest BCUT2D eigenvalue weighted by atomic mass is 9.79. The Morgan fingerprint density at radius 3 is 2.33 bits per heavy atom. The van der Waals surface area contributed by atoms with Gasteiger partial charge in [0, 0.05) is 18.1 Å². The number of alkyl halides is 1. The van der Waals surface area contributed by atoms with Crippen molar-refractivity contribution in [1.82, 2.24) is 10.6 Å². The van der Waals surface area contributed by atoms with E-state index >= 15 is 0 Å². The number of fused-ring (bicyclic) bond motifs is 2. The Kier molecular flexibility index (Phi) is 2.48. The van der Waals surface area contributed by atoms with Crippen molar-refractivity contribution in [2.75, 3.05) is 6.54 Å². The highest BCUT2D eigenvalue weighted by Crippen LogP contribution is 2.40. The molecule has 0 spiro atoms. The van der Waals surface area contributed by atoms with Crippen LogP contribution in [0.3, 0.4) is 0 Å². The standard InChI is InChI=1S/C12H21FN2/c13-12(11-3-1-2-6-14-11)7-9-4-5-10(8-12)15-9/h9-11,14-15H,1-8H2. The second kappa shape index (κ2) is 3.70. The maximum atomic E-state index is 14.9. The van der Waals surface area contributed by atoms with Gasteiger partial charge in [-0.15, -0.1) is 0 Å². The van der Waals surface area contributed by atoms with Gasteiger partial charge in [0.15, 0.2) is 0 Å². The second-order valence-electron chi connectivity index (χ2n) is 5.58. The molecule has 3 unspecified atom stereocenters. The molecule has 0 aromatic carbocycles. The summed E-state index contributed by atoms with van der Waals surface area (Å²) >= 11 is 0. The minimum atomic E-state index is -0.919. The zero-order valence-corrected chi connectivity index (χ0v) is 9.27. The predicted octanol–water partition coefficient (Wildman–Crippen LogP) is 1.75. The Morgan fingerprint density at radius 1 is 1.00 bits per heavy atom. The lowest BCUT2D eigenvalue weighted by molar-refractivity contribution is 0.0356. The number of rotatable bonds is 1. The normalized spacial score (nSPS) is 50.6. The van der Waals surface area contributed by atoms with Crippen LogP contribution >= 0.6 is 0 Å². The third-order valence-corrected chi connectivity index (χ3v) is 4.44. The van der Waals surface area contributed by atoms with Crippen LogP contribution in [0.5, 0.6) is 0 Å². The van der Waals surface area contributed by atoms with Gasteiger partial charge in [0.05, 0.1) is 0 Å². The smallest absolute Gasteiger partial charge is 0.129 e. The molecule has 0 aliphatic carbocycles. The molecule has 86 valence electrons. The highest BCUT2D eigenvalue weighted by Gasteiger charge is 2.48. The van der Waals surface area contributed by atoms with Crippen LogP contribution in [0.15, 0.2) is 0 Å². The molecule has 2 bridgehead atoms. The molecular weight excluding hydrogens is 191 g/mol. The third-order valence-electron chi connectivity index (χ3n) is 4.44. The zero-order chi connectivity index (χ0) is 10.3.